The molecule has 0 amide bonds. The topological polar surface area (TPSA) is 51.5 Å². The Morgan fingerprint density at radius 1 is 1.12 bits per heavy atom. The number of carbonyl (C=O) groups excluding carboxylic acids is 1. The highest BCUT2D eigenvalue weighted by molar-refractivity contribution is 6.01. The second kappa shape index (κ2) is 5.84. The molecule has 0 unspecified atom stereocenters. The molecule has 1 N–H and O–H groups in total. The molecule has 0 saturated carbocycles. The average molecular weight is 349 g/mol. The van der Waals surface area contributed by atoms with Gasteiger partial charge < -0.3 is 9.94 Å². The van der Waals surface area contributed by atoms with Gasteiger partial charge in [0.25, 0.3) is 0 Å². The molecular weight excluding hydrogens is 335 g/mol. The number of aryl methyl sites for hydroxylation is 1. The summed E-state index contributed by atoms with van der Waals surface area (Å²) in [6.07, 6.45) is -4.65. The number of benzene rings is 2. The first-order chi connectivity index (χ1) is 11.8. The average Bonchev–Trinajstić information content (AvgIpc) is 2.84. The predicted octanol–water partition coefficient (Wildman–Crippen LogP) is 4.66. The Morgan fingerprint density at radius 2 is 1.76 bits per heavy atom. The molecule has 0 spiro atoms. The summed E-state index contributed by atoms with van der Waals surface area (Å²) < 4.78 is 45.9. The van der Waals surface area contributed by atoms with E-state index in [1.54, 1.807) is 30.3 Å². The van der Waals surface area contributed by atoms with Crippen molar-refractivity contribution in [2.45, 2.75) is 13.1 Å². The number of rotatable bonds is 2. The van der Waals surface area contributed by atoms with E-state index in [0.717, 1.165) is 13.2 Å². The van der Waals surface area contributed by atoms with Crippen molar-refractivity contribution < 1.29 is 27.9 Å². The minimum atomic E-state index is -4.65. The van der Waals surface area contributed by atoms with Crippen LogP contribution in [0.2, 0.25) is 0 Å². The van der Waals surface area contributed by atoms with E-state index >= 15 is 0 Å². The smallest absolute Gasteiger partial charge is 0.417 e. The SMILES string of the molecule is COC(=O)c1c(C)c2c(C(F)(F)F)cc(-c3ccccc3)cc2n1O. The molecule has 4 nitrogen and oxygen atoms in total. The molecule has 0 bridgehead atoms. The summed E-state index contributed by atoms with van der Waals surface area (Å²) in [5.41, 5.74) is -0.492. The van der Waals surface area contributed by atoms with Gasteiger partial charge in [-0.2, -0.15) is 17.9 Å². The Morgan fingerprint density at radius 3 is 2.32 bits per heavy atom. The van der Waals surface area contributed by atoms with Gasteiger partial charge in [-0.1, -0.05) is 30.3 Å². The molecule has 3 rings (SSSR count). The van der Waals surface area contributed by atoms with E-state index in [0.29, 0.717) is 10.3 Å². The van der Waals surface area contributed by atoms with Crippen LogP contribution in [0, 0.1) is 6.92 Å². The van der Waals surface area contributed by atoms with Crippen LogP contribution in [-0.4, -0.2) is 23.0 Å². The Kier molecular flexibility index (Phi) is 3.94. The fraction of sp³-hybridized carbons (Fsp3) is 0.167. The molecule has 0 fully saturated rings. The second-order valence-corrected chi connectivity index (χ2v) is 5.56. The highest BCUT2D eigenvalue weighted by Gasteiger charge is 2.36. The molecule has 0 aliphatic carbocycles. The molecule has 0 saturated heterocycles. The minimum absolute atomic E-state index is 0.0105. The van der Waals surface area contributed by atoms with Crippen LogP contribution in [0.3, 0.4) is 0 Å². The first kappa shape index (κ1) is 16.9. The van der Waals surface area contributed by atoms with Crippen LogP contribution < -0.4 is 0 Å². The van der Waals surface area contributed by atoms with Crippen molar-refractivity contribution in [3.05, 3.63) is 59.3 Å². The number of nitrogens with zero attached hydrogens (tertiary/aromatic N) is 1. The van der Waals surface area contributed by atoms with Crippen molar-refractivity contribution in [2.75, 3.05) is 7.11 Å². The van der Waals surface area contributed by atoms with E-state index in [4.69, 9.17) is 0 Å². The monoisotopic (exact) mass is 349 g/mol. The molecule has 0 radical (unpaired) electrons. The largest absolute Gasteiger partial charge is 0.464 e. The summed E-state index contributed by atoms with van der Waals surface area (Å²) in [5.74, 6) is -0.911. The first-order valence-corrected chi connectivity index (χ1v) is 7.35. The van der Waals surface area contributed by atoms with Gasteiger partial charge in [0.2, 0.25) is 0 Å². The molecule has 3 aromatic rings. The standard InChI is InChI=1S/C18H14F3NO3/c1-10-15-13(18(19,20)21)8-12(11-6-4-3-5-7-11)9-14(15)22(24)16(10)17(23)25-2/h3-9,24H,1-2H3. The summed E-state index contributed by atoms with van der Waals surface area (Å²) in [4.78, 5) is 11.9. The minimum Gasteiger partial charge on any atom is -0.464 e. The van der Waals surface area contributed by atoms with Gasteiger partial charge in [0.15, 0.2) is 5.69 Å². The summed E-state index contributed by atoms with van der Waals surface area (Å²) in [7, 11) is 1.10. The van der Waals surface area contributed by atoms with Gasteiger partial charge in [0.05, 0.1) is 18.2 Å². The van der Waals surface area contributed by atoms with Crippen LogP contribution in [0.25, 0.3) is 22.0 Å². The van der Waals surface area contributed by atoms with Gasteiger partial charge in [0, 0.05) is 5.39 Å². The van der Waals surface area contributed by atoms with Gasteiger partial charge in [-0.15, -0.1) is 0 Å². The number of aromatic nitrogens is 1. The zero-order valence-corrected chi connectivity index (χ0v) is 13.4. The van der Waals surface area contributed by atoms with Crippen LogP contribution in [0.4, 0.5) is 13.2 Å². The first-order valence-electron chi connectivity index (χ1n) is 7.35. The molecule has 1 aromatic heterocycles. The Balaban J connectivity index is 2.42. The number of fused-ring (bicyclic) bond motifs is 1. The number of methoxy groups -OCH3 is 1. The van der Waals surface area contributed by atoms with Crippen molar-refractivity contribution in [1.82, 2.24) is 4.73 Å². The quantitative estimate of drug-likeness (QED) is 0.541. The summed E-state index contributed by atoms with van der Waals surface area (Å²) >= 11 is 0. The Hall–Kier alpha value is -2.96. The highest BCUT2D eigenvalue weighted by atomic mass is 19.4. The maximum Gasteiger partial charge on any atom is 0.417 e. The van der Waals surface area contributed by atoms with Crippen molar-refractivity contribution >= 4 is 16.9 Å². The maximum absolute atomic E-state index is 13.6. The van der Waals surface area contributed by atoms with E-state index in [9.17, 15) is 23.2 Å². The third kappa shape index (κ3) is 2.71. The number of hydrogen-bond acceptors (Lipinski definition) is 3. The molecule has 25 heavy (non-hydrogen) atoms. The van der Waals surface area contributed by atoms with Gasteiger partial charge in [-0.3, -0.25) is 0 Å². The van der Waals surface area contributed by atoms with Crippen LogP contribution in [-0.2, 0) is 10.9 Å². The third-order valence-corrected chi connectivity index (χ3v) is 4.08. The van der Waals surface area contributed by atoms with Gasteiger partial charge in [-0.05, 0) is 35.7 Å². The lowest BCUT2D eigenvalue weighted by atomic mass is 9.98. The van der Waals surface area contributed by atoms with Crippen LogP contribution in [0.15, 0.2) is 42.5 Å². The number of alkyl halides is 3. The van der Waals surface area contributed by atoms with E-state index in [1.165, 1.54) is 13.0 Å². The molecular formula is C18H14F3NO3. The summed E-state index contributed by atoms with van der Waals surface area (Å²) in [5, 5.41) is 10.1. The molecule has 0 aliphatic rings. The molecule has 7 heteroatoms. The number of esters is 1. The van der Waals surface area contributed by atoms with Crippen molar-refractivity contribution in [1.29, 1.82) is 0 Å². The normalized spacial score (nSPS) is 11.7. The van der Waals surface area contributed by atoms with Crippen LogP contribution in [0.5, 0.6) is 0 Å². The fourth-order valence-electron chi connectivity index (χ4n) is 2.94. The predicted molar refractivity (Wildman–Crippen MR) is 85.6 cm³/mol. The fourth-order valence-corrected chi connectivity index (χ4v) is 2.94. The molecule has 0 atom stereocenters. The van der Waals surface area contributed by atoms with E-state index < -0.39 is 17.7 Å². The Labute approximate surface area is 141 Å². The van der Waals surface area contributed by atoms with Crippen LogP contribution in [0.1, 0.15) is 21.6 Å². The Bertz CT molecular complexity index is 959. The third-order valence-electron chi connectivity index (χ3n) is 4.08. The number of halogens is 3. The zero-order valence-electron chi connectivity index (χ0n) is 13.4. The highest BCUT2D eigenvalue weighted by Crippen LogP contribution is 2.41. The zero-order chi connectivity index (χ0) is 18.4. The van der Waals surface area contributed by atoms with Gasteiger partial charge in [-0.25, -0.2) is 4.79 Å². The summed E-state index contributed by atoms with van der Waals surface area (Å²) in [6.45, 7) is 1.35. The molecule has 1 heterocycles. The molecule has 0 aliphatic heterocycles. The van der Waals surface area contributed by atoms with Gasteiger partial charge in [0.1, 0.15) is 0 Å². The molecule has 130 valence electrons. The van der Waals surface area contributed by atoms with E-state index in [1.807, 2.05) is 0 Å². The van der Waals surface area contributed by atoms with Crippen molar-refractivity contribution in [2.24, 2.45) is 0 Å². The van der Waals surface area contributed by atoms with E-state index in [2.05, 4.69) is 4.74 Å². The maximum atomic E-state index is 13.6. The summed E-state index contributed by atoms with van der Waals surface area (Å²) in [6, 6.07) is 10.9. The van der Waals surface area contributed by atoms with Crippen molar-refractivity contribution in [3.8, 4) is 11.1 Å². The lowest BCUT2D eigenvalue weighted by Gasteiger charge is -2.12. The van der Waals surface area contributed by atoms with Crippen LogP contribution >= 0.6 is 0 Å². The van der Waals surface area contributed by atoms with Gasteiger partial charge >= 0.3 is 12.1 Å². The lowest BCUT2D eigenvalue weighted by molar-refractivity contribution is -0.136. The lowest BCUT2D eigenvalue weighted by Crippen LogP contribution is -2.09. The number of hydrogen-bond donors (Lipinski definition) is 1. The van der Waals surface area contributed by atoms with Crippen molar-refractivity contribution in [3.63, 3.8) is 0 Å². The number of carbonyl (C=O) groups is 1. The van der Waals surface area contributed by atoms with E-state index in [-0.39, 0.29) is 27.7 Å². The molecule has 2 aromatic carbocycles. The second-order valence-electron chi connectivity index (χ2n) is 5.56. The number of ether oxygens (including phenoxy) is 1.